The molecule has 1 aliphatic rings. The number of nitrogens with one attached hydrogen (secondary N) is 1. The molecule has 0 spiro atoms. The maximum atomic E-state index is 5.93. The molecule has 3 N–H and O–H groups in total. The van der Waals surface area contributed by atoms with Gasteiger partial charge in [-0.25, -0.2) is 19.9 Å². The molecular weight excluding hydrogens is 330 g/mol. The molecule has 0 fully saturated rings. The minimum atomic E-state index is 0.378. The Bertz CT molecular complexity index is 960. The SMILES string of the molecule is CCOc1nc2c(cc1Nc1ncc3ccnc(N)c3n1)CN(C)CC2. The largest absolute Gasteiger partial charge is 0.476 e. The first-order chi connectivity index (χ1) is 12.6. The summed E-state index contributed by atoms with van der Waals surface area (Å²) in [6, 6.07) is 3.90. The lowest BCUT2D eigenvalue weighted by molar-refractivity contribution is 0.301. The number of nitrogen functional groups attached to an aromatic ring is 1. The molecule has 8 nitrogen and oxygen atoms in total. The van der Waals surface area contributed by atoms with Gasteiger partial charge in [0, 0.05) is 37.3 Å². The van der Waals surface area contributed by atoms with E-state index >= 15 is 0 Å². The van der Waals surface area contributed by atoms with E-state index in [9.17, 15) is 0 Å². The highest BCUT2D eigenvalue weighted by Gasteiger charge is 2.19. The zero-order valence-electron chi connectivity index (χ0n) is 14.9. The Hall–Kier alpha value is -3.00. The van der Waals surface area contributed by atoms with E-state index in [1.54, 1.807) is 12.4 Å². The minimum Gasteiger partial charge on any atom is -0.476 e. The lowest BCUT2D eigenvalue weighted by Crippen LogP contribution is -2.27. The second-order valence-corrected chi connectivity index (χ2v) is 6.32. The van der Waals surface area contributed by atoms with Gasteiger partial charge in [-0.1, -0.05) is 0 Å². The van der Waals surface area contributed by atoms with E-state index in [1.165, 1.54) is 5.56 Å². The van der Waals surface area contributed by atoms with Crippen LogP contribution in [0.5, 0.6) is 5.88 Å². The van der Waals surface area contributed by atoms with Crippen LogP contribution >= 0.6 is 0 Å². The van der Waals surface area contributed by atoms with Crippen molar-refractivity contribution in [3.63, 3.8) is 0 Å². The molecule has 0 bridgehead atoms. The Kier molecular flexibility index (Phi) is 4.26. The summed E-state index contributed by atoms with van der Waals surface area (Å²) in [6.07, 6.45) is 4.29. The van der Waals surface area contributed by atoms with Crippen LogP contribution in [0, 0.1) is 0 Å². The topological polar surface area (TPSA) is 102 Å². The van der Waals surface area contributed by atoms with Gasteiger partial charge in [-0.3, -0.25) is 0 Å². The average Bonchev–Trinajstić information content (AvgIpc) is 2.63. The number of likely N-dealkylation sites (N-methyl/N-ethyl adjacent to an activating group) is 1. The number of ether oxygens (including phenoxy) is 1. The zero-order chi connectivity index (χ0) is 18.1. The van der Waals surface area contributed by atoms with E-state index in [1.807, 2.05) is 13.0 Å². The molecule has 0 saturated heterocycles. The number of nitrogens with zero attached hydrogens (tertiary/aromatic N) is 5. The van der Waals surface area contributed by atoms with Crippen molar-refractivity contribution in [2.75, 3.05) is 31.2 Å². The van der Waals surface area contributed by atoms with Gasteiger partial charge in [0.05, 0.1) is 12.3 Å². The third-order valence-electron chi connectivity index (χ3n) is 4.38. The average molecular weight is 351 g/mol. The van der Waals surface area contributed by atoms with Crippen LogP contribution in [0.25, 0.3) is 10.9 Å². The van der Waals surface area contributed by atoms with E-state index < -0.39 is 0 Å². The zero-order valence-corrected chi connectivity index (χ0v) is 14.9. The quantitative estimate of drug-likeness (QED) is 0.737. The summed E-state index contributed by atoms with van der Waals surface area (Å²) in [7, 11) is 2.11. The number of fused-ring (bicyclic) bond motifs is 2. The number of aromatic nitrogens is 4. The molecule has 1 aliphatic heterocycles. The van der Waals surface area contributed by atoms with Crippen LogP contribution < -0.4 is 15.8 Å². The molecular formula is C18H21N7O. The van der Waals surface area contributed by atoms with Crippen molar-refractivity contribution in [3.8, 4) is 5.88 Å². The van der Waals surface area contributed by atoms with Gasteiger partial charge in [0.1, 0.15) is 17.0 Å². The normalized spacial score (nSPS) is 14.2. The number of anilines is 3. The molecule has 0 atom stereocenters. The molecule has 3 aromatic rings. The van der Waals surface area contributed by atoms with Crippen LogP contribution in [0.3, 0.4) is 0 Å². The second kappa shape index (κ2) is 6.72. The van der Waals surface area contributed by atoms with E-state index in [4.69, 9.17) is 15.5 Å². The van der Waals surface area contributed by atoms with Crippen LogP contribution in [0.15, 0.2) is 24.5 Å². The molecule has 8 heteroatoms. The summed E-state index contributed by atoms with van der Waals surface area (Å²) in [4.78, 5) is 19.9. The highest BCUT2D eigenvalue weighted by atomic mass is 16.5. The molecule has 0 aliphatic carbocycles. The highest BCUT2D eigenvalue weighted by molar-refractivity contribution is 5.87. The van der Waals surface area contributed by atoms with Crippen molar-refractivity contribution in [1.29, 1.82) is 0 Å². The fourth-order valence-electron chi connectivity index (χ4n) is 3.09. The molecule has 3 aromatic heterocycles. The lowest BCUT2D eigenvalue weighted by Gasteiger charge is -2.25. The number of pyridine rings is 2. The smallest absolute Gasteiger partial charge is 0.238 e. The first-order valence-corrected chi connectivity index (χ1v) is 8.62. The molecule has 4 heterocycles. The van der Waals surface area contributed by atoms with Crippen molar-refractivity contribution in [2.24, 2.45) is 0 Å². The summed E-state index contributed by atoms with van der Waals surface area (Å²) in [5, 5.41) is 4.08. The van der Waals surface area contributed by atoms with Gasteiger partial charge < -0.3 is 20.7 Å². The minimum absolute atomic E-state index is 0.378. The first-order valence-electron chi connectivity index (χ1n) is 8.62. The van der Waals surface area contributed by atoms with E-state index in [2.05, 4.69) is 38.3 Å². The monoisotopic (exact) mass is 351 g/mol. The van der Waals surface area contributed by atoms with E-state index in [-0.39, 0.29) is 0 Å². The summed E-state index contributed by atoms with van der Waals surface area (Å²) in [5.74, 6) is 1.38. The van der Waals surface area contributed by atoms with Crippen molar-refractivity contribution >= 4 is 28.4 Å². The maximum Gasteiger partial charge on any atom is 0.238 e. The molecule has 26 heavy (non-hydrogen) atoms. The Balaban J connectivity index is 1.72. The van der Waals surface area contributed by atoms with Crippen LogP contribution in [0.4, 0.5) is 17.5 Å². The number of nitrogens with two attached hydrogens (primary N) is 1. The van der Waals surface area contributed by atoms with E-state index in [0.717, 1.165) is 36.3 Å². The Morgan fingerprint density at radius 1 is 1.31 bits per heavy atom. The Morgan fingerprint density at radius 2 is 2.19 bits per heavy atom. The summed E-state index contributed by atoms with van der Waals surface area (Å²) >= 11 is 0. The highest BCUT2D eigenvalue weighted by Crippen LogP contribution is 2.30. The van der Waals surface area contributed by atoms with Crippen molar-refractivity contribution in [2.45, 2.75) is 19.9 Å². The molecule has 134 valence electrons. The number of hydrogen-bond donors (Lipinski definition) is 2. The standard InChI is InChI=1S/C18H21N7O/c1-3-26-17-14(8-12-10-25(2)7-5-13(12)22-17)23-18-21-9-11-4-6-20-16(19)15(11)24-18/h4,6,8-9H,3,5,7,10H2,1-2H3,(H2,19,20)(H,21,23,24). The molecule has 0 aromatic carbocycles. The number of hydrogen-bond acceptors (Lipinski definition) is 8. The Labute approximate surface area is 151 Å². The second-order valence-electron chi connectivity index (χ2n) is 6.32. The summed E-state index contributed by atoms with van der Waals surface area (Å²) < 4.78 is 5.73. The molecule has 4 rings (SSSR count). The number of rotatable bonds is 4. The molecule has 0 saturated carbocycles. The van der Waals surface area contributed by atoms with Crippen LogP contribution in [0.1, 0.15) is 18.2 Å². The van der Waals surface area contributed by atoms with Crippen LogP contribution in [-0.2, 0) is 13.0 Å². The van der Waals surface area contributed by atoms with Crippen molar-refractivity contribution in [3.05, 3.63) is 35.8 Å². The molecule has 0 unspecified atom stereocenters. The van der Waals surface area contributed by atoms with Gasteiger partial charge in [-0.2, -0.15) is 0 Å². The van der Waals surface area contributed by atoms with Gasteiger partial charge in [-0.05, 0) is 31.7 Å². The fourth-order valence-corrected chi connectivity index (χ4v) is 3.09. The van der Waals surface area contributed by atoms with Gasteiger partial charge in [0.15, 0.2) is 0 Å². The predicted octanol–water partition coefficient (Wildman–Crippen LogP) is 2.13. The first kappa shape index (κ1) is 16.5. The lowest BCUT2D eigenvalue weighted by atomic mass is 10.1. The fraction of sp³-hybridized carbons (Fsp3) is 0.333. The third kappa shape index (κ3) is 3.11. The summed E-state index contributed by atoms with van der Waals surface area (Å²) in [6.45, 7) is 4.34. The molecule has 0 radical (unpaired) electrons. The van der Waals surface area contributed by atoms with Crippen LogP contribution in [0.2, 0.25) is 0 Å². The third-order valence-corrected chi connectivity index (χ3v) is 4.38. The van der Waals surface area contributed by atoms with Crippen molar-refractivity contribution in [1.82, 2.24) is 24.8 Å². The van der Waals surface area contributed by atoms with Gasteiger partial charge in [0.2, 0.25) is 11.8 Å². The predicted molar refractivity (Wildman–Crippen MR) is 100 cm³/mol. The molecule has 0 amide bonds. The van der Waals surface area contributed by atoms with Gasteiger partial charge >= 0.3 is 0 Å². The van der Waals surface area contributed by atoms with E-state index in [0.29, 0.717) is 29.8 Å². The van der Waals surface area contributed by atoms with Gasteiger partial charge in [0.25, 0.3) is 0 Å². The van der Waals surface area contributed by atoms with Crippen molar-refractivity contribution < 1.29 is 4.74 Å². The Morgan fingerprint density at radius 3 is 3.04 bits per heavy atom. The van der Waals surface area contributed by atoms with Gasteiger partial charge in [-0.15, -0.1) is 0 Å². The maximum absolute atomic E-state index is 5.93. The summed E-state index contributed by atoms with van der Waals surface area (Å²) in [5.41, 5.74) is 9.58. The van der Waals surface area contributed by atoms with Crippen LogP contribution in [-0.4, -0.2) is 45.0 Å².